The molecule has 1 aromatic heterocycles. The summed E-state index contributed by atoms with van der Waals surface area (Å²) in [6, 6.07) is 29.6. The molecule has 0 saturated carbocycles. The van der Waals surface area contributed by atoms with Crippen molar-refractivity contribution in [3.05, 3.63) is 112 Å². The summed E-state index contributed by atoms with van der Waals surface area (Å²) in [5.74, 6) is 0. The molecule has 132 valence electrons. The van der Waals surface area contributed by atoms with Gasteiger partial charge in [0.1, 0.15) is 0 Å². The lowest BCUT2D eigenvalue weighted by atomic mass is 10.1. The Bertz CT molecular complexity index is 993. The van der Waals surface area contributed by atoms with Gasteiger partial charge in [-0.25, -0.2) is 0 Å². The van der Waals surface area contributed by atoms with E-state index in [0.29, 0.717) is 0 Å². The molecule has 27 heavy (non-hydrogen) atoms. The lowest BCUT2D eigenvalue weighted by Gasteiger charge is -2.25. The Labute approximate surface area is 164 Å². The van der Waals surface area contributed by atoms with Gasteiger partial charge in [0.25, 0.3) is 0 Å². The van der Waals surface area contributed by atoms with Crippen molar-refractivity contribution in [1.82, 2.24) is 0 Å². The van der Waals surface area contributed by atoms with E-state index in [1.807, 2.05) is 0 Å². The molecule has 0 radical (unpaired) electrons. The number of para-hydroxylation sites is 2. The maximum Gasteiger partial charge on any atom is 0.0467 e. The predicted octanol–water partition coefficient (Wildman–Crippen LogP) is 7.70. The summed E-state index contributed by atoms with van der Waals surface area (Å²) in [6.07, 6.45) is 4.38. The lowest BCUT2D eigenvalue weighted by molar-refractivity contribution is 1.28. The number of benzene rings is 3. The molecule has 0 fully saturated rings. The first kappa shape index (κ1) is 17.3. The second kappa shape index (κ2) is 8.07. The molecule has 0 amide bonds. The van der Waals surface area contributed by atoms with Crippen molar-refractivity contribution in [2.45, 2.75) is 6.92 Å². The molecule has 0 spiro atoms. The molecule has 0 saturated heterocycles. The van der Waals surface area contributed by atoms with Gasteiger partial charge in [0.15, 0.2) is 0 Å². The standard InChI is InChI=1S/C25H21NS/c1-20-18-27-19-22(20)16-15-21-9-8-14-25(17-21)26(23-10-4-2-5-11-23)24-12-6-3-7-13-24/h2-19H,1H3/b16-15+. The normalized spacial score (nSPS) is 11.0. The molecule has 1 nitrogen and oxygen atoms in total. The number of rotatable bonds is 5. The van der Waals surface area contributed by atoms with Gasteiger partial charge < -0.3 is 4.90 Å². The van der Waals surface area contributed by atoms with Crippen molar-refractivity contribution in [2.75, 3.05) is 4.90 Å². The van der Waals surface area contributed by atoms with E-state index in [9.17, 15) is 0 Å². The van der Waals surface area contributed by atoms with Crippen LogP contribution in [0.2, 0.25) is 0 Å². The van der Waals surface area contributed by atoms with Crippen LogP contribution in [-0.2, 0) is 0 Å². The Morgan fingerprint density at radius 1 is 0.667 bits per heavy atom. The molecule has 0 aliphatic carbocycles. The average molecular weight is 368 g/mol. The van der Waals surface area contributed by atoms with Gasteiger partial charge >= 0.3 is 0 Å². The summed E-state index contributed by atoms with van der Waals surface area (Å²) in [6.45, 7) is 2.15. The third kappa shape index (κ3) is 4.02. The molecule has 3 aromatic carbocycles. The highest BCUT2D eigenvalue weighted by Crippen LogP contribution is 2.34. The van der Waals surface area contributed by atoms with Gasteiger partial charge in [-0.1, -0.05) is 60.7 Å². The van der Waals surface area contributed by atoms with Gasteiger partial charge in [-0.2, -0.15) is 11.3 Å². The summed E-state index contributed by atoms with van der Waals surface area (Å²) in [4.78, 5) is 2.28. The average Bonchev–Trinajstić information content (AvgIpc) is 3.13. The largest absolute Gasteiger partial charge is 0.310 e. The molecule has 4 aromatic rings. The van der Waals surface area contributed by atoms with Crippen LogP contribution in [0.1, 0.15) is 16.7 Å². The van der Waals surface area contributed by atoms with E-state index in [1.54, 1.807) is 11.3 Å². The summed E-state index contributed by atoms with van der Waals surface area (Å²) in [7, 11) is 0. The van der Waals surface area contributed by atoms with Crippen LogP contribution in [-0.4, -0.2) is 0 Å². The van der Waals surface area contributed by atoms with Gasteiger partial charge in [-0.15, -0.1) is 0 Å². The summed E-state index contributed by atoms with van der Waals surface area (Å²) >= 11 is 1.74. The Morgan fingerprint density at radius 3 is 1.89 bits per heavy atom. The Balaban J connectivity index is 1.73. The number of anilines is 3. The van der Waals surface area contributed by atoms with Crippen LogP contribution in [0.3, 0.4) is 0 Å². The number of hydrogen-bond donors (Lipinski definition) is 0. The van der Waals surface area contributed by atoms with Crippen molar-refractivity contribution in [1.29, 1.82) is 0 Å². The number of nitrogens with zero attached hydrogens (tertiary/aromatic N) is 1. The van der Waals surface area contributed by atoms with Crippen molar-refractivity contribution in [3.63, 3.8) is 0 Å². The second-order valence-electron chi connectivity index (χ2n) is 6.44. The third-order valence-corrected chi connectivity index (χ3v) is 5.39. The maximum atomic E-state index is 2.28. The van der Waals surface area contributed by atoms with E-state index in [0.717, 1.165) is 17.1 Å². The van der Waals surface area contributed by atoms with Crippen molar-refractivity contribution < 1.29 is 0 Å². The van der Waals surface area contributed by atoms with E-state index in [2.05, 4.69) is 120 Å². The highest BCUT2D eigenvalue weighted by Gasteiger charge is 2.11. The van der Waals surface area contributed by atoms with Gasteiger partial charge in [-0.05, 0) is 70.8 Å². The molecule has 0 bridgehead atoms. The summed E-state index contributed by atoms with van der Waals surface area (Å²) in [5.41, 5.74) is 7.25. The van der Waals surface area contributed by atoms with Crippen LogP contribution < -0.4 is 4.90 Å². The van der Waals surface area contributed by atoms with Crippen LogP contribution in [0.4, 0.5) is 17.1 Å². The van der Waals surface area contributed by atoms with Crippen molar-refractivity contribution in [2.24, 2.45) is 0 Å². The molecule has 1 heterocycles. The van der Waals surface area contributed by atoms with Crippen LogP contribution in [0, 0.1) is 6.92 Å². The minimum Gasteiger partial charge on any atom is -0.310 e. The minimum atomic E-state index is 1.15. The molecule has 0 atom stereocenters. The van der Waals surface area contributed by atoms with Crippen LogP contribution >= 0.6 is 11.3 Å². The minimum absolute atomic E-state index is 1.15. The van der Waals surface area contributed by atoms with Crippen molar-refractivity contribution >= 4 is 40.6 Å². The summed E-state index contributed by atoms with van der Waals surface area (Å²) < 4.78 is 0. The molecule has 0 aliphatic rings. The second-order valence-corrected chi connectivity index (χ2v) is 7.19. The van der Waals surface area contributed by atoms with Crippen LogP contribution in [0.25, 0.3) is 12.2 Å². The fourth-order valence-electron chi connectivity index (χ4n) is 3.10. The molecule has 0 aliphatic heterocycles. The van der Waals surface area contributed by atoms with E-state index < -0.39 is 0 Å². The number of thiophene rings is 1. The Hall–Kier alpha value is -3.10. The monoisotopic (exact) mass is 367 g/mol. The van der Waals surface area contributed by atoms with Gasteiger partial charge in [0.05, 0.1) is 0 Å². The Morgan fingerprint density at radius 2 is 1.30 bits per heavy atom. The van der Waals surface area contributed by atoms with Gasteiger partial charge in [0, 0.05) is 17.1 Å². The smallest absolute Gasteiger partial charge is 0.0467 e. The number of hydrogen-bond acceptors (Lipinski definition) is 2. The first-order chi connectivity index (χ1) is 13.3. The van der Waals surface area contributed by atoms with E-state index in [1.165, 1.54) is 16.7 Å². The first-order valence-corrected chi connectivity index (χ1v) is 9.97. The predicted molar refractivity (Wildman–Crippen MR) is 119 cm³/mol. The molecule has 2 heteroatoms. The topological polar surface area (TPSA) is 3.24 Å². The fraction of sp³-hybridized carbons (Fsp3) is 0.0400. The van der Waals surface area contributed by atoms with E-state index >= 15 is 0 Å². The van der Waals surface area contributed by atoms with Crippen molar-refractivity contribution in [3.8, 4) is 0 Å². The number of aryl methyl sites for hydroxylation is 1. The molecular formula is C25H21NS. The van der Waals surface area contributed by atoms with Gasteiger partial charge in [0.2, 0.25) is 0 Å². The highest BCUT2D eigenvalue weighted by atomic mass is 32.1. The highest BCUT2D eigenvalue weighted by molar-refractivity contribution is 7.08. The van der Waals surface area contributed by atoms with E-state index in [-0.39, 0.29) is 0 Å². The zero-order chi connectivity index (χ0) is 18.5. The Kier molecular flexibility index (Phi) is 5.17. The van der Waals surface area contributed by atoms with Crippen LogP contribution in [0.15, 0.2) is 95.7 Å². The third-order valence-electron chi connectivity index (χ3n) is 4.51. The quantitative estimate of drug-likeness (QED) is 0.349. The summed E-state index contributed by atoms with van der Waals surface area (Å²) in [5, 5.41) is 4.37. The van der Waals surface area contributed by atoms with Gasteiger partial charge in [-0.3, -0.25) is 0 Å². The molecule has 4 rings (SSSR count). The zero-order valence-electron chi connectivity index (χ0n) is 15.2. The first-order valence-electron chi connectivity index (χ1n) is 9.02. The molecule has 0 unspecified atom stereocenters. The lowest BCUT2D eigenvalue weighted by Crippen LogP contribution is -2.09. The van der Waals surface area contributed by atoms with E-state index in [4.69, 9.17) is 0 Å². The fourth-order valence-corrected chi connectivity index (χ4v) is 3.92. The maximum absolute atomic E-state index is 2.28. The SMILES string of the molecule is Cc1cscc1/C=C/c1cccc(N(c2ccccc2)c2ccccc2)c1. The zero-order valence-corrected chi connectivity index (χ0v) is 16.1. The molecular weight excluding hydrogens is 346 g/mol. The molecule has 0 N–H and O–H groups in total. The van der Waals surface area contributed by atoms with Crippen LogP contribution in [0.5, 0.6) is 0 Å².